The number of aromatic nitrogens is 3. The summed E-state index contributed by atoms with van der Waals surface area (Å²) in [6.07, 6.45) is 2.18. The number of benzene rings is 2. The first-order valence-electron chi connectivity index (χ1n) is 14.5. The molecule has 11 nitrogen and oxygen atoms in total. The summed E-state index contributed by atoms with van der Waals surface area (Å²) in [5.74, 6) is -0.689. The third kappa shape index (κ3) is 5.87. The third-order valence-electron chi connectivity index (χ3n) is 7.94. The normalized spacial score (nSPS) is 16.0. The van der Waals surface area contributed by atoms with Gasteiger partial charge in [-0.15, -0.1) is 0 Å². The molecule has 7 rings (SSSR count). The first-order chi connectivity index (χ1) is 21.9. The number of nitrogens with zero attached hydrogens (tertiary/aromatic N) is 3. The molecule has 0 bridgehead atoms. The molecular formula is C32H28F2N6O5. The third-order valence-corrected chi connectivity index (χ3v) is 7.94. The van der Waals surface area contributed by atoms with Crippen molar-refractivity contribution < 1.29 is 32.3 Å². The molecule has 45 heavy (non-hydrogen) atoms. The van der Waals surface area contributed by atoms with E-state index in [9.17, 15) is 14.0 Å². The number of carbonyl (C=O) groups excluding carboxylic acids is 2. The Kier molecular flexibility index (Phi) is 7.47. The Hall–Kier alpha value is -5.14. The van der Waals surface area contributed by atoms with Crippen molar-refractivity contribution in [1.82, 2.24) is 20.1 Å². The fraction of sp³-hybridized carbons (Fsp3) is 0.250. The molecule has 1 aliphatic heterocycles. The summed E-state index contributed by atoms with van der Waals surface area (Å²) in [5.41, 5.74) is 0.164. The minimum atomic E-state index is -1.28. The lowest BCUT2D eigenvalue weighted by Gasteiger charge is -2.25. The van der Waals surface area contributed by atoms with E-state index < -0.39 is 28.9 Å². The molecule has 2 aromatic carbocycles. The average molecular weight is 615 g/mol. The lowest BCUT2D eigenvalue weighted by molar-refractivity contribution is -0.131. The van der Waals surface area contributed by atoms with Crippen molar-refractivity contribution in [2.45, 2.75) is 19.4 Å². The summed E-state index contributed by atoms with van der Waals surface area (Å²) in [4.78, 5) is 32.5. The van der Waals surface area contributed by atoms with Crippen LogP contribution in [0.4, 0.5) is 20.2 Å². The molecule has 0 unspecified atom stereocenters. The molecular weight excluding hydrogens is 586 g/mol. The predicted octanol–water partition coefficient (Wildman–Crippen LogP) is 5.48. The monoisotopic (exact) mass is 614 g/mol. The molecule has 230 valence electrons. The average Bonchev–Trinajstić information content (AvgIpc) is 3.55. The van der Waals surface area contributed by atoms with E-state index >= 15 is 4.39 Å². The predicted molar refractivity (Wildman–Crippen MR) is 159 cm³/mol. The van der Waals surface area contributed by atoms with Crippen LogP contribution >= 0.6 is 0 Å². The van der Waals surface area contributed by atoms with Crippen molar-refractivity contribution in [3.05, 3.63) is 84.3 Å². The van der Waals surface area contributed by atoms with E-state index in [1.807, 2.05) is 12.1 Å². The number of nitrogens with one attached hydrogen (secondary N) is 3. The Balaban J connectivity index is 1.06. The highest BCUT2D eigenvalue weighted by Crippen LogP contribution is 2.47. The summed E-state index contributed by atoms with van der Waals surface area (Å²) in [6.45, 7) is 3.67. The van der Waals surface area contributed by atoms with Crippen LogP contribution in [-0.2, 0) is 20.9 Å². The van der Waals surface area contributed by atoms with Crippen LogP contribution in [0.5, 0.6) is 11.5 Å². The van der Waals surface area contributed by atoms with E-state index in [2.05, 4.69) is 30.7 Å². The maximum atomic E-state index is 15.3. The number of hydrogen-bond donors (Lipinski definition) is 3. The second kappa shape index (κ2) is 11.7. The smallest absolute Gasteiger partial charge is 0.240 e. The number of morpholine rings is 1. The molecule has 1 saturated heterocycles. The van der Waals surface area contributed by atoms with Crippen molar-refractivity contribution in [2.24, 2.45) is 5.41 Å². The number of ether oxygens (including phenoxy) is 2. The summed E-state index contributed by atoms with van der Waals surface area (Å²) in [7, 11) is 0. The second-order valence-corrected chi connectivity index (χ2v) is 11.0. The number of furan rings is 1. The molecule has 0 atom stereocenters. The van der Waals surface area contributed by atoms with Gasteiger partial charge in [-0.25, -0.2) is 13.8 Å². The Morgan fingerprint density at radius 2 is 1.67 bits per heavy atom. The molecule has 3 aromatic heterocycles. The molecule has 4 heterocycles. The number of H-pyrrole nitrogens is 1. The van der Waals surface area contributed by atoms with Crippen molar-refractivity contribution in [2.75, 3.05) is 36.9 Å². The van der Waals surface area contributed by atoms with Gasteiger partial charge < -0.3 is 24.5 Å². The molecule has 3 N–H and O–H groups in total. The number of rotatable bonds is 9. The number of carbonyl (C=O) groups is 2. The van der Waals surface area contributed by atoms with Gasteiger partial charge in [0, 0.05) is 36.7 Å². The van der Waals surface area contributed by atoms with Crippen LogP contribution in [0.15, 0.2) is 71.3 Å². The van der Waals surface area contributed by atoms with Crippen molar-refractivity contribution in [3.8, 4) is 23.0 Å². The first kappa shape index (κ1) is 28.6. The molecule has 0 spiro atoms. The van der Waals surface area contributed by atoms with Gasteiger partial charge in [0.05, 0.1) is 25.1 Å². The van der Waals surface area contributed by atoms with E-state index in [1.54, 1.807) is 6.07 Å². The van der Waals surface area contributed by atoms with Gasteiger partial charge in [-0.2, -0.15) is 5.10 Å². The maximum Gasteiger partial charge on any atom is 0.240 e. The Morgan fingerprint density at radius 3 is 2.40 bits per heavy atom. The number of halogens is 2. The van der Waals surface area contributed by atoms with Gasteiger partial charge in [0.1, 0.15) is 28.4 Å². The number of fused-ring (bicyclic) bond motifs is 1. The van der Waals surface area contributed by atoms with Gasteiger partial charge >= 0.3 is 0 Å². The highest BCUT2D eigenvalue weighted by atomic mass is 19.1. The van der Waals surface area contributed by atoms with E-state index in [1.165, 1.54) is 42.6 Å². The highest BCUT2D eigenvalue weighted by molar-refractivity contribution is 6.16. The van der Waals surface area contributed by atoms with Crippen molar-refractivity contribution >= 4 is 34.2 Å². The zero-order valence-corrected chi connectivity index (χ0v) is 23.9. The van der Waals surface area contributed by atoms with Crippen LogP contribution in [0.3, 0.4) is 0 Å². The minimum Gasteiger partial charge on any atom is -0.458 e. The molecule has 1 saturated carbocycles. The van der Waals surface area contributed by atoms with Gasteiger partial charge in [0.25, 0.3) is 0 Å². The van der Waals surface area contributed by atoms with E-state index in [0.29, 0.717) is 66.5 Å². The topological polar surface area (TPSA) is 135 Å². The SMILES string of the molecule is O=C(Nc1ccc(F)cc1)C1(C(=O)Nc2ccc(Oc3ccnc4n[nH]c(-c5ccc(CN6CCOCC6)o5)c34)c(F)c2)CC1. The molecule has 1 aliphatic carbocycles. The van der Waals surface area contributed by atoms with E-state index in [-0.39, 0.29) is 11.4 Å². The fourth-order valence-electron chi connectivity index (χ4n) is 5.26. The molecule has 2 amide bonds. The van der Waals surface area contributed by atoms with Crippen LogP contribution in [-0.4, -0.2) is 58.2 Å². The van der Waals surface area contributed by atoms with Crippen molar-refractivity contribution in [3.63, 3.8) is 0 Å². The van der Waals surface area contributed by atoms with Crippen LogP contribution in [0.2, 0.25) is 0 Å². The van der Waals surface area contributed by atoms with E-state index in [4.69, 9.17) is 13.9 Å². The number of aromatic amines is 1. The lowest BCUT2D eigenvalue weighted by atomic mass is 10.0. The lowest BCUT2D eigenvalue weighted by Crippen LogP contribution is -2.35. The number of hydrogen-bond acceptors (Lipinski definition) is 8. The largest absolute Gasteiger partial charge is 0.458 e. The van der Waals surface area contributed by atoms with Gasteiger partial charge in [-0.3, -0.25) is 19.6 Å². The quantitative estimate of drug-likeness (QED) is 0.186. The molecule has 2 aliphatic rings. The second-order valence-electron chi connectivity index (χ2n) is 11.0. The van der Waals surface area contributed by atoms with Crippen molar-refractivity contribution in [1.29, 1.82) is 0 Å². The molecule has 13 heteroatoms. The maximum absolute atomic E-state index is 15.3. The molecule has 0 radical (unpaired) electrons. The van der Waals surface area contributed by atoms with Crippen LogP contribution in [0, 0.1) is 17.0 Å². The Morgan fingerprint density at radius 1 is 0.933 bits per heavy atom. The zero-order valence-electron chi connectivity index (χ0n) is 23.9. The number of pyridine rings is 1. The summed E-state index contributed by atoms with van der Waals surface area (Å²) in [5, 5.41) is 13.0. The molecule has 5 aromatic rings. The molecule has 2 fully saturated rings. The first-order valence-corrected chi connectivity index (χ1v) is 14.5. The number of amides is 2. The van der Waals surface area contributed by atoms with Crippen LogP contribution in [0.1, 0.15) is 18.6 Å². The van der Waals surface area contributed by atoms with Gasteiger partial charge in [-0.1, -0.05) is 0 Å². The highest BCUT2D eigenvalue weighted by Gasteiger charge is 2.56. The van der Waals surface area contributed by atoms with Gasteiger partial charge in [0.15, 0.2) is 23.0 Å². The van der Waals surface area contributed by atoms with Gasteiger partial charge in [0.2, 0.25) is 11.8 Å². The minimum absolute atomic E-state index is 0.0877. The Bertz CT molecular complexity index is 1880. The summed E-state index contributed by atoms with van der Waals surface area (Å²) < 4.78 is 46.0. The zero-order chi connectivity index (χ0) is 31.0. The Labute approximate surface area is 255 Å². The summed E-state index contributed by atoms with van der Waals surface area (Å²) >= 11 is 0. The standard InChI is InChI=1S/C32H28F2N6O5/c33-19-1-3-20(4-2-19)36-30(41)32(10-11-32)31(42)37-21-5-7-24(23(34)17-21)45-25-9-12-35-29-27(25)28(38-39-29)26-8-6-22(44-26)18-40-13-15-43-16-14-40/h1-9,12,17H,10-11,13-16,18H2,(H,36,41)(H,37,42)(H,35,38,39). The van der Waals surface area contributed by atoms with Crippen LogP contribution in [0.25, 0.3) is 22.5 Å². The van der Waals surface area contributed by atoms with E-state index in [0.717, 1.165) is 24.9 Å². The van der Waals surface area contributed by atoms with Crippen LogP contribution < -0.4 is 15.4 Å². The fourth-order valence-corrected chi connectivity index (χ4v) is 5.26. The summed E-state index contributed by atoms with van der Waals surface area (Å²) in [6, 6.07) is 14.6. The number of anilines is 2. The van der Waals surface area contributed by atoms with Gasteiger partial charge in [-0.05, 0) is 67.4 Å².